The van der Waals surface area contributed by atoms with Crippen LogP contribution in [0.15, 0.2) is 59.0 Å². The normalized spacial score (nSPS) is 17.1. The summed E-state index contributed by atoms with van der Waals surface area (Å²) in [7, 11) is 4.21. The fourth-order valence-corrected chi connectivity index (χ4v) is 4.00. The van der Waals surface area contributed by atoms with Crippen molar-refractivity contribution in [1.82, 2.24) is 4.90 Å². The van der Waals surface area contributed by atoms with Crippen LogP contribution in [-0.4, -0.2) is 49.2 Å². The van der Waals surface area contributed by atoms with Crippen LogP contribution in [0.2, 0.25) is 0 Å². The number of rotatable bonds is 6. The molecule has 0 aliphatic carbocycles. The van der Waals surface area contributed by atoms with Crippen LogP contribution in [0.3, 0.4) is 0 Å². The Morgan fingerprint density at radius 2 is 1.94 bits per heavy atom. The van der Waals surface area contributed by atoms with Gasteiger partial charge in [-0.3, -0.25) is 4.79 Å². The molecule has 2 atom stereocenters. The standard InChI is InChI=1S/C24H28N4O4/c1-16-4-9-20(21(14-16)28(30)31)22-10-11-23(32-22)24(29)25-17-5-7-18(8-6-17)27-13-12-19(15-27)26(2)3/h4-11,14,19,28,30H,12-13,15H2,1-3H3,(H,25,29). The number of benzene rings is 2. The van der Waals surface area contributed by atoms with Crippen molar-refractivity contribution < 1.29 is 19.6 Å². The summed E-state index contributed by atoms with van der Waals surface area (Å²) < 4.78 is 5.69. The summed E-state index contributed by atoms with van der Waals surface area (Å²) in [4.78, 5) is 17.2. The number of nitrogens with zero attached hydrogens (tertiary/aromatic N) is 2. The Labute approximate surface area is 187 Å². The van der Waals surface area contributed by atoms with E-state index < -0.39 is 5.23 Å². The van der Waals surface area contributed by atoms with Gasteiger partial charge in [0.2, 0.25) is 0 Å². The minimum Gasteiger partial charge on any atom is -0.595 e. The predicted molar refractivity (Wildman–Crippen MR) is 123 cm³/mol. The number of amides is 1. The monoisotopic (exact) mass is 436 g/mol. The average Bonchev–Trinajstić information content (AvgIpc) is 3.44. The number of quaternary nitrogens is 1. The van der Waals surface area contributed by atoms with E-state index in [9.17, 15) is 15.2 Å². The summed E-state index contributed by atoms with van der Waals surface area (Å²) in [5.41, 5.74) is 3.22. The Balaban J connectivity index is 1.44. The highest BCUT2D eigenvalue weighted by Crippen LogP contribution is 2.29. The molecule has 168 valence electrons. The topological polar surface area (TPSA) is 96.5 Å². The van der Waals surface area contributed by atoms with Crippen molar-refractivity contribution in [2.75, 3.05) is 37.4 Å². The minimum absolute atomic E-state index is 0.120. The van der Waals surface area contributed by atoms with Gasteiger partial charge in [-0.1, -0.05) is 6.07 Å². The van der Waals surface area contributed by atoms with Crippen LogP contribution in [0.4, 0.5) is 17.1 Å². The van der Waals surface area contributed by atoms with Crippen molar-refractivity contribution in [3.05, 3.63) is 71.1 Å². The number of hydrogen-bond donors (Lipinski definition) is 3. The largest absolute Gasteiger partial charge is 0.595 e. The summed E-state index contributed by atoms with van der Waals surface area (Å²) in [5.74, 6) is 0.0727. The number of hydrogen-bond acceptors (Lipinski definition) is 6. The highest BCUT2D eigenvalue weighted by molar-refractivity contribution is 6.02. The maximum Gasteiger partial charge on any atom is 0.291 e. The second-order valence-electron chi connectivity index (χ2n) is 8.37. The van der Waals surface area contributed by atoms with Crippen LogP contribution in [-0.2, 0) is 0 Å². The lowest BCUT2D eigenvalue weighted by molar-refractivity contribution is -0.991. The van der Waals surface area contributed by atoms with Gasteiger partial charge >= 0.3 is 0 Å². The van der Waals surface area contributed by atoms with Crippen molar-refractivity contribution in [3.63, 3.8) is 0 Å². The molecular weight excluding hydrogens is 408 g/mol. The van der Waals surface area contributed by atoms with Crippen LogP contribution in [0, 0.1) is 12.1 Å². The summed E-state index contributed by atoms with van der Waals surface area (Å²) in [6, 6.07) is 16.6. The van der Waals surface area contributed by atoms with E-state index in [4.69, 9.17) is 4.42 Å². The minimum atomic E-state index is -1.04. The lowest BCUT2D eigenvalue weighted by Crippen LogP contribution is -2.99. The van der Waals surface area contributed by atoms with Gasteiger partial charge in [-0.05, 0) is 75.5 Å². The molecule has 1 amide bonds. The molecule has 2 unspecified atom stereocenters. The third-order valence-corrected chi connectivity index (χ3v) is 5.88. The zero-order valence-electron chi connectivity index (χ0n) is 18.5. The number of aryl methyl sites for hydroxylation is 1. The number of nitrogens with one attached hydrogen (secondary N) is 2. The third-order valence-electron chi connectivity index (χ3n) is 5.88. The Morgan fingerprint density at radius 1 is 1.19 bits per heavy atom. The van der Waals surface area contributed by atoms with Crippen LogP contribution in [0.1, 0.15) is 22.5 Å². The first-order valence-electron chi connectivity index (χ1n) is 10.6. The molecule has 1 saturated heterocycles. The molecule has 32 heavy (non-hydrogen) atoms. The van der Waals surface area contributed by atoms with E-state index in [0.717, 1.165) is 30.8 Å². The quantitative estimate of drug-likeness (QED) is 0.514. The summed E-state index contributed by atoms with van der Waals surface area (Å²) in [6.45, 7) is 3.83. The fourth-order valence-electron chi connectivity index (χ4n) is 4.00. The van der Waals surface area contributed by atoms with Crippen molar-refractivity contribution >= 4 is 23.0 Å². The third kappa shape index (κ3) is 4.68. The van der Waals surface area contributed by atoms with E-state index in [-0.39, 0.29) is 17.4 Å². The number of likely N-dealkylation sites (N-methyl/N-ethyl adjacent to an activating group) is 1. The molecule has 1 aromatic heterocycles. The Bertz CT molecular complexity index is 1090. The first-order valence-corrected chi connectivity index (χ1v) is 10.6. The SMILES string of the molecule is Cc1ccc(-c2ccc(C(=O)Nc3ccc(N4CCC(N(C)C)C4)cc3)o2)c([NH+]([O-])O)c1. The maximum absolute atomic E-state index is 12.7. The van der Waals surface area contributed by atoms with Gasteiger partial charge in [0.15, 0.2) is 11.4 Å². The molecule has 2 heterocycles. The van der Waals surface area contributed by atoms with E-state index in [1.807, 2.05) is 37.3 Å². The van der Waals surface area contributed by atoms with Gasteiger partial charge in [0.25, 0.3) is 5.91 Å². The molecule has 0 bridgehead atoms. The second-order valence-corrected chi connectivity index (χ2v) is 8.37. The van der Waals surface area contributed by atoms with Gasteiger partial charge in [0.1, 0.15) is 5.76 Å². The van der Waals surface area contributed by atoms with E-state index in [2.05, 4.69) is 29.2 Å². The molecule has 4 rings (SSSR count). The first-order chi connectivity index (χ1) is 15.3. The van der Waals surface area contributed by atoms with Crippen LogP contribution in [0.25, 0.3) is 11.3 Å². The number of carbonyl (C=O) groups excluding carboxylic acids is 1. The molecule has 8 nitrogen and oxygen atoms in total. The average molecular weight is 437 g/mol. The zero-order chi connectivity index (χ0) is 22.8. The van der Waals surface area contributed by atoms with E-state index in [0.29, 0.717) is 23.1 Å². The van der Waals surface area contributed by atoms with Gasteiger partial charge in [-0.15, -0.1) is 0 Å². The Kier molecular flexibility index (Phi) is 6.29. The van der Waals surface area contributed by atoms with Crippen molar-refractivity contribution in [1.29, 1.82) is 0 Å². The first kappa shape index (κ1) is 22.0. The predicted octanol–water partition coefficient (Wildman–Crippen LogP) is 3.05. The molecule has 3 aromatic rings. The van der Waals surface area contributed by atoms with Gasteiger partial charge in [-0.25, -0.2) is 5.21 Å². The fraction of sp³-hybridized carbons (Fsp3) is 0.292. The number of carbonyl (C=O) groups is 1. The lowest BCUT2D eigenvalue weighted by atomic mass is 10.1. The summed E-state index contributed by atoms with van der Waals surface area (Å²) in [6.07, 6.45) is 1.14. The summed E-state index contributed by atoms with van der Waals surface area (Å²) >= 11 is 0. The van der Waals surface area contributed by atoms with Crippen LogP contribution >= 0.6 is 0 Å². The highest BCUT2D eigenvalue weighted by atomic mass is 16.8. The number of anilines is 2. The Morgan fingerprint density at radius 3 is 2.59 bits per heavy atom. The molecule has 2 aromatic carbocycles. The lowest BCUT2D eigenvalue weighted by Gasteiger charge is -2.22. The molecule has 0 radical (unpaired) electrons. The van der Waals surface area contributed by atoms with Gasteiger partial charge < -0.3 is 24.7 Å². The molecule has 0 spiro atoms. The molecule has 1 aliphatic heterocycles. The Hall–Kier alpha value is -3.17. The molecule has 0 saturated carbocycles. The summed E-state index contributed by atoms with van der Waals surface area (Å²) in [5, 5.41) is 22.9. The second kappa shape index (κ2) is 9.13. The molecule has 3 N–H and O–H groups in total. The molecule has 8 heteroatoms. The molecule has 1 aliphatic rings. The van der Waals surface area contributed by atoms with Gasteiger partial charge in [-0.2, -0.15) is 5.23 Å². The van der Waals surface area contributed by atoms with E-state index in [1.54, 1.807) is 24.3 Å². The zero-order valence-corrected chi connectivity index (χ0v) is 18.5. The molecular formula is C24H28N4O4. The smallest absolute Gasteiger partial charge is 0.291 e. The molecule has 1 fully saturated rings. The number of furan rings is 1. The van der Waals surface area contributed by atoms with Gasteiger partial charge in [0, 0.05) is 36.6 Å². The van der Waals surface area contributed by atoms with Crippen LogP contribution < -0.4 is 15.4 Å². The highest BCUT2D eigenvalue weighted by Gasteiger charge is 2.24. The van der Waals surface area contributed by atoms with Crippen LogP contribution in [0.5, 0.6) is 0 Å². The van der Waals surface area contributed by atoms with Gasteiger partial charge in [0.05, 0.1) is 5.56 Å². The van der Waals surface area contributed by atoms with E-state index >= 15 is 0 Å². The van der Waals surface area contributed by atoms with E-state index in [1.165, 1.54) is 0 Å². The van der Waals surface area contributed by atoms with Crippen molar-refractivity contribution in [2.24, 2.45) is 0 Å². The maximum atomic E-state index is 12.7. The van der Waals surface area contributed by atoms with Crippen molar-refractivity contribution in [2.45, 2.75) is 19.4 Å². The van der Waals surface area contributed by atoms with Crippen molar-refractivity contribution in [3.8, 4) is 11.3 Å².